The van der Waals surface area contributed by atoms with E-state index in [1.807, 2.05) is 0 Å². The van der Waals surface area contributed by atoms with Gasteiger partial charge >= 0.3 is 0 Å². The molecule has 1 aromatic rings. The maximum Gasteiger partial charge on any atom is 0.295 e. The highest BCUT2D eigenvalue weighted by molar-refractivity contribution is 5.32. The zero-order valence-electron chi connectivity index (χ0n) is 12.6. The first-order chi connectivity index (χ1) is 9.72. The Balaban J connectivity index is 2.79. The van der Waals surface area contributed by atoms with Crippen LogP contribution >= 0.6 is 0 Å². The molecule has 0 fully saturated rings. The molecule has 0 saturated carbocycles. The molecule has 0 aliphatic carbocycles. The summed E-state index contributed by atoms with van der Waals surface area (Å²) < 4.78 is 11.1. The largest absolute Gasteiger partial charge is 0.486 e. The lowest BCUT2D eigenvalue weighted by molar-refractivity contribution is 0.112. The van der Waals surface area contributed by atoms with E-state index in [0.717, 1.165) is 25.7 Å². The molecule has 1 aromatic heterocycles. The molecule has 114 valence electrons. The molecule has 6 nitrogen and oxygen atoms in total. The van der Waals surface area contributed by atoms with Crippen molar-refractivity contribution in [3.8, 4) is 5.75 Å². The molecule has 0 atom stereocenters. The van der Waals surface area contributed by atoms with Crippen LogP contribution in [0.2, 0.25) is 0 Å². The van der Waals surface area contributed by atoms with Crippen LogP contribution in [-0.4, -0.2) is 30.2 Å². The van der Waals surface area contributed by atoms with Crippen LogP contribution in [0.3, 0.4) is 0 Å². The predicted molar refractivity (Wildman–Crippen MR) is 79.4 cm³/mol. The second kappa shape index (κ2) is 9.36. The zero-order valence-corrected chi connectivity index (χ0v) is 12.6. The van der Waals surface area contributed by atoms with Crippen LogP contribution in [0.4, 0.5) is 5.95 Å². The summed E-state index contributed by atoms with van der Waals surface area (Å²) in [4.78, 5) is 18.9. The summed E-state index contributed by atoms with van der Waals surface area (Å²) in [6.45, 7) is 5.65. The van der Waals surface area contributed by atoms with Crippen molar-refractivity contribution in [3.05, 3.63) is 16.0 Å². The Morgan fingerprint density at radius 2 is 1.90 bits per heavy atom. The van der Waals surface area contributed by atoms with E-state index in [9.17, 15) is 4.79 Å². The monoisotopic (exact) mass is 283 g/mol. The van der Waals surface area contributed by atoms with Gasteiger partial charge in [0.25, 0.3) is 5.56 Å². The molecule has 0 amide bonds. The molecule has 0 saturated heterocycles. The highest BCUT2D eigenvalue weighted by Gasteiger charge is 2.12. The number of hydrogen-bond donors (Lipinski definition) is 2. The Morgan fingerprint density at radius 1 is 1.20 bits per heavy atom. The lowest BCUT2D eigenvalue weighted by atomic mass is 10.3. The molecule has 0 spiro atoms. The summed E-state index contributed by atoms with van der Waals surface area (Å²) in [6, 6.07) is 0. The number of nitrogens with one attached hydrogen (secondary N) is 2. The van der Waals surface area contributed by atoms with Gasteiger partial charge in [0, 0.05) is 13.7 Å². The van der Waals surface area contributed by atoms with E-state index < -0.39 is 0 Å². The highest BCUT2D eigenvalue weighted by Crippen LogP contribution is 2.14. The number of unbranched alkanes of at least 4 members (excludes halogenated alkanes) is 2. The first kappa shape index (κ1) is 16.5. The third kappa shape index (κ3) is 5.21. The van der Waals surface area contributed by atoms with E-state index in [-0.39, 0.29) is 11.3 Å². The van der Waals surface area contributed by atoms with Crippen LogP contribution in [0, 0.1) is 0 Å². The van der Waals surface area contributed by atoms with Crippen LogP contribution < -0.4 is 15.6 Å². The summed E-state index contributed by atoms with van der Waals surface area (Å²) in [5.41, 5.74) is 0.278. The van der Waals surface area contributed by atoms with Crippen LogP contribution in [0.1, 0.15) is 45.2 Å². The fourth-order valence-electron chi connectivity index (χ4n) is 1.61. The summed E-state index contributed by atoms with van der Waals surface area (Å²) in [7, 11) is 1.71. The van der Waals surface area contributed by atoms with Crippen LogP contribution in [0.15, 0.2) is 4.79 Å². The number of rotatable bonds is 10. The molecule has 0 unspecified atom stereocenters. The maximum atomic E-state index is 12.0. The average Bonchev–Trinajstić information content (AvgIpc) is 2.45. The number of aromatic amines is 1. The van der Waals surface area contributed by atoms with E-state index in [4.69, 9.17) is 9.47 Å². The molecule has 0 aromatic carbocycles. The van der Waals surface area contributed by atoms with E-state index in [1.54, 1.807) is 7.05 Å². The van der Waals surface area contributed by atoms with Crippen molar-refractivity contribution in [1.29, 1.82) is 0 Å². The number of anilines is 1. The van der Waals surface area contributed by atoms with Crippen molar-refractivity contribution >= 4 is 5.95 Å². The fourth-order valence-corrected chi connectivity index (χ4v) is 1.61. The number of H-pyrrole nitrogens is 1. The topological polar surface area (TPSA) is 76.2 Å². The third-order valence-electron chi connectivity index (χ3n) is 2.81. The van der Waals surface area contributed by atoms with Gasteiger partial charge in [-0.15, -0.1) is 0 Å². The van der Waals surface area contributed by atoms with Gasteiger partial charge in [0.2, 0.25) is 11.7 Å². The molecule has 0 aliphatic heterocycles. The summed E-state index contributed by atoms with van der Waals surface area (Å²) >= 11 is 0. The lowest BCUT2D eigenvalue weighted by Crippen LogP contribution is -2.19. The van der Waals surface area contributed by atoms with Crippen molar-refractivity contribution in [1.82, 2.24) is 9.97 Å². The Kier molecular flexibility index (Phi) is 7.72. The standard InChI is InChI=1S/C14H25N3O3/c1-4-6-8-19-10-11-12(20-9-7-5-2)13(18)17-14(15-3)16-11/h4-10H2,1-3H3,(H2,15,16,17,18). The predicted octanol–water partition coefficient (Wildman–Crippen LogP) is 2.31. The molecule has 0 bridgehead atoms. The Morgan fingerprint density at radius 3 is 2.55 bits per heavy atom. The highest BCUT2D eigenvalue weighted by atomic mass is 16.5. The van der Waals surface area contributed by atoms with Gasteiger partial charge in [0.1, 0.15) is 5.69 Å². The smallest absolute Gasteiger partial charge is 0.295 e. The molecule has 6 heteroatoms. The summed E-state index contributed by atoms with van der Waals surface area (Å²) in [5, 5.41) is 2.83. The van der Waals surface area contributed by atoms with Crippen molar-refractivity contribution in [3.63, 3.8) is 0 Å². The minimum absolute atomic E-state index is 0.269. The molecule has 20 heavy (non-hydrogen) atoms. The molecule has 1 rings (SSSR count). The second-order valence-electron chi connectivity index (χ2n) is 4.55. The van der Waals surface area contributed by atoms with Gasteiger partial charge in [-0.05, 0) is 12.8 Å². The van der Waals surface area contributed by atoms with Crippen molar-refractivity contribution in [2.45, 2.75) is 46.1 Å². The number of aromatic nitrogens is 2. The SMILES string of the molecule is CCCCOCc1nc(NC)[nH]c(=O)c1OCCCC. The molecule has 0 aliphatic rings. The van der Waals surface area contributed by atoms with Gasteiger partial charge in [0.15, 0.2) is 0 Å². The maximum absolute atomic E-state index is 12.0. The van der Waals surface area contributed by atoms with Crippen LogP contribution in [0.25, 0.3) is 0 Å². The average molecular weight is 283 g/mol. The van der Waals surface area contributed by atoms with Crippen molar-refractivity contribution in [2.75, 3.05) is 25.6 Å². The molecule has 1 heterocycles. The van der Waals surface area contributed by atoms with Crippen molar-refractivity contribution < 1.29 is 9.47 Å². The molecular weight excluding hydrogens is 258 g/mol. The first-order valence-electron chi connectivity index (χ1n) is 7.24. The first-order valence-corrected chi connectivity index (χ1v) is 7.24. The van der Waals surface area contributed by atoms with Crippen molar-refractivity contribution in [2.24, 2.45) is 0 Å². The van der Waals surface area contributed by atoms with Crippen LogP contribution in [0.5, 0.6) is 5.75 Å². The van der Waals surface area contributed by atoms with Gasteiger partial charge in [-0.2, -0.15) is 0 Å². The second-order valence-corrected chi connectivity index (χ2v) is 4.55. The van der Waals surface area contributed by atoms with E-state index in [1.165, 1.54) is 0 Å². The van der Waals surface area contributed by atoms with Gasteiger partial charge in [-0.1, -0.05) is 26.7 Å². The lowest BCUT2D eigenvalue weighted by Gasteiger charge is -2.11. The molecule has 0 radical (unpaired) electrons. The van der Waals surface area contributed by atoms with Gasteiger partial charge in [-0.25, -0.2) is 4.98 Å². The summed E-state index contributed by atoms with van der Waals surface area (Å²) in [6.07, 6.45) is 3.99. The molecule has 2 N–H and O–H groups in total. The summed E-state index contributed by atoms with van der Waals surface area (Å²) in [5.74, 6) is 0.695. The van der Waals surface area contributed by atoms with Gasteiger partial charge in [-0.3, -0.25) is 9.78 Å². The van der Waals surface area contributed by atoms with E-state index in [0.29, 0.717) is 31.5 Å². The normalized spacial score (nSPS) is 10.6. The quantitative estimate of drug-likeness (QED) is 0.644. The Labute approximate surface area is 119 Å². The number of nitrogens with zero attached hydrogens (tertiary/aromatic N) is 1. The minimum atomic E-state index is -0.269. The minimum Gasteiger partial charge on any atom is -0.486 e. The van der Waals surface area contributed by atoms with Gasteiger partial charge < -0.3 is 14.8 Å². The fraction of sp³-hybridized carbons (Fsp3) is 0.714. The van der Waals surface area contributed by atoms with E-state index in [2.05, 4.69) is 29.1 Å². The number of ether oxygens (including phenoxy) is 2. The Bertz CT molecular complexity index is 446. The third-order valence-corrected chi connectivity index (χ3v) is 2.81. The Hall–Kier alpha value is -1.56. The molecular formula is C14H25N3O3. The number of hydrogen-bond acceptors (Lipinski definition) is 5. The van der Waals surface area contributed by atoms with E-state index >= 15 is 0 Å². The van der Waals surface area contributed by atoms with Crippen LogP contribution in [-0.2, 0) is 11.3 Å². The van der Waals surface area contributed by atoms with Gasteiger partial charge in [0.05, 0.1) is 13.2 Å². The zero-order chi connectivity index (χ0) is 14.8.